The maximum Gasteiger partial charge on any atom is 0.228 e. The number of nitrogens with zero attached hydrogens (tertiary/aromatic N) is 4. The summed E-state index contributed by atoms with van der Waals surface area (Å²) in [7, 11) is 0. The van der Waals surface area contributed by atoms with Gasteiger partial charge in [0.05, 0.1) is 11.6 Å². The van der Waals surface area contributed by atoms with Gasteiger partial charge in [-0.25, -0.2) is 9.50 Å². The number of allylic oxidation sites excluding steroid dienone is 5. The number of carbonyl (C=O) groups excluding carboxylic acids is 1. The molecule has 9 heteroatoms. The number of benzene rings is 1. The van der Waals surface area contributed by atoms with Gasteiger partial charge in [0.25, 0.3) is 0 Å². The van der Waals surface area contributed by atoms with Crippen LogP contribution in [0, 0.1) is 11.3 Å². The van der Waals surface area contributed by atoms with E-state index in [1.54, 1.807) is 0 Å². The van der Waals surface area contributed by atoms with Crippen molar-refractivity contribution in [2.24, 2.45) is 5.92 Å². The van der Waals surface area contributed by atoms with Crippen LogP contribution < -0.4 is 16.4 Å². The summed E-state index contributed by atoms with van der Waals surface area (Å²) in [6, 6.07) is 12.3. The fraction of sp³-hybridized carbons (Fsp3) is 0.286. The van der Waals surface area contributed by atoms with Crippen LogP contribution in [-0.4, -0.2) is 57.3 Å². The van der Waals surface area contributed by atoms with Gasteiger partial charge in [-0.3, -0.25) is 4.79 Å². The Morgan fingerprint density at radius 3 is 2.84 bits per heavy atom. The van der Waals surface area contributed by atoms with E-state index in [1.807, 2.05) is 52.0 Å². The van der Waals surface area contributed by atoms with Crippen molar-refractivity contribution >= 4 is 28.5 Å². The monoisotopic (exact) mass is 494 g/mol. The Labute approximate surface area is 215 Å². The van der Waals surface area contributed by atoms with E-state index in [2.05, 4.69) is 38.9 Å². The third kappa shape index (κ3) is 4.42. The van der Waals surface area contributed by atoms with E-state index in [9.17, 15) is 4.79 Å². The molecule has 188 valence electrons. The molecule has 37 heavy (non-hydrogen) atoms. The van der Waals surface area contributed by atoms with Crippen LogP contribution in [0.1, 0.15) is 29.2 Å². The van der Waals surface area contributed by atoms with E-state index >= 15 is 0 Å². The summed E-state index contributed by atoms with van der Waals surface area (Å²) in [6.07, 6.45) is 10.0. The Morgan fingerprint density at radius 1 is 1.24 bits per heavy atom. The van der Waals surface area contributed by atoms with Crippen LogP contribution >= 0.6 is 0 Å². The number of nitrogens with two attached hydrogens (primary N) is 1. The maximum absolute atomic E-state index is 12.8. The van der Waals surface area contributed by atoms with E-state index in [-0.39, 0.29) is 17.7 Å². The first-order valence-corrected chi connectivity index (χ1v) is 12.7. The Kier molecular flexibility index (Phi) is 6.05. The molecule has 2 aliphatic heterocycles. The number of hydrogen-bond donors (Lipinski definition) is 4. The Bertz CT molecular complexity index is 1450. The molecule has 2 aromatic heterocycles. The minimum absolute atomic E-state index is 0.101. The number of nitrogen functional groups attached to an aromatic ring is 1. The first-order valence-electron chi connectivity index (χ1n) is 12.7. The molecule has 3 aromatic rings. The van der Waals surface area contributed by atoms with Crippen LogP contribution in [0.4, 0.5) is 5.82 Å². The van der Waals surface area contributed by atoms with Gasteiger partial charge in [-0.05, 0) is 29.7 Å². The zero-order chi connectivity index (χ0) is 25.4. The second-order valence-corrected chi connectivity index (χ2v) is 9.83. The van der Waals surface area contributed by atoms with Crippen molar-refractivity contribution in [2.45, 2.75) is 18.9 Å². The summed E-state index contributed by atoms with van der Waals surface area (Å²) in [6.45, 7) is 3.66. The van der Waals surface area contributed by atoms with Gasteiger partial charge < -0.3 is 26.7 Å². The molecule has 0 saturated carbocycles. The van der Waals surface area contributed by atoms with Gasteiger partial charge in [0.15, 0.2) is 5.82 Å². The van der Waals surface area contributed by atoms with Gasteiger partial charge >= 0.3 is 0 Å². The average molecular weight is 495 g/mol. The van der Waals surface area contributed by atoms with E-state index in [0.717, 1.165) is 54.0 Å². The molecular formula is C28H30N8O. The van der Waals surface area contributed by atoms with Crippen LogP contribution in [-0.2, 0) is 11.3 Å². The lowest BCUT2D eigenvalue weighted by atomic mass is 9.95. The largest absolute Gasteiger partial charge is 0.386 e. The third-order valence-corrected chi connectivity index (χ3v) is 7.43. The molecule has 1 amide bonds. The Morgan fingerprint density at radius 2 is 2.08 bits per heavy atom. The fourth-order valence-electron chi connectivity index (χ4n) is 5.25. The fourth-order valence-corrected chi connectivity index (χ4v) is 5.25. The van der Waals surface area contributed by atoms with Crippen LogP contribution in [0.2, 0.25) is 0 Å². The molecular weight excluding hydrogens is 464 g/mol. The lowest BCUT2D eigenvalue weighted by Crippen LogP contribution is -2.51. The Hall–Kier alpha value is -4.24. The van der Waals surface area contributed by atoms with Crippen molar-refractivity contribution in [1.29, 1.82) is 5.41 Å². The quantitative estimate of drug-likeness (QED) is 0.417. The van der Waals surface area contributed by atoms with Crippen LogP contribution in [0.5, 0.6) is 0 Å². The molecule has 0 spiro atoms. The van der Waals surface area contributed by atoms with Gasteiger partial charge in [0, 0.05) is 61.7 Å². The number of aromatic nitrogens is 3. The number of carbonyl (C=O) groups is 1. The van der Waals surface area contributed by atoms with E-state index in [1.165, 1.54) is 11.9 Å². The number of rotatable bonds is 6. The molecule has 0 bridgehead atoms. The molecule has 1 unspecified atom stereocenters. The van der Waals surface area contributed by atoms with E-state index < -0.39 is 0 Å². The smallest absolute Gasteiger partial charge is 0.228 e. The lowest BCUT2D eigenvalue weighted by Gasteiger charge is -2.30. The number of hydrogen-bond acceptors (Lipinski definition) is 7. The molecule has 9 nitrogen and oxygen atoms in total. The third-order valence-electron chi connectivity index (χ3n) is 7.43. The minimum atomic E-state index is 0.101. The average Bonchev–Trinajstić information content (AvgIpc) is 3.51. The van der Waals surface area contributed by atoms with E-state index in [0.29, 0.717) is 24.6 Å². The van der Waals surface area contributed by atoms with Crippen molar-refractivity contribution in [3.8, 4) is 0 Å². The molecule has 4 heterocycles. The molecule has 2 fully saturated rings. The van der Waals surface area contributed by atoms with Gasteiger partial charge in [0.2, 0.25) is 5.91 Å². The summed E-state index contributed by atoms with van der Waals surface area (Å²) in [5.41, 5.74) is 12.3. The molecule has 1 atom stereocenters. The first-order chi connectivity index (χ1) is 18.1. The lowest BCUT2D eigenvalue weighted by molar-refractivity contribution is -0.136. The van der Waals surface area contributed by atoms with Crippen molar-refractivity contribution in [3.63, 3.8) is 0 Å². The highest BCUT2D eigenvalue weighted by atomic mass is 16.2. The summed E-state index contributed by atoms with van der Waals surface area (Å²) in [5, 5.41) is 19.6. The normalized spacial score (nSPS) is 20.9. The SMILES string of the molecule is N=C1C=C(c2cc(C3CCN(C(=O)C4CNC4)C3)n3ncnc(N)c23)C=C/C1=C/NCc1ccccc1. The molecule has 3 aliphatic rings. The predicted molar refractivity (Wildman–Crippen MR) is 144 cm³/mol. The molecule has 1 aliphatic carbocycles. The minimum Gasteiger partial charge on any atom is -0.386 e. The molecule has 1 aromatic carbocycles. The van der Waals surface area contributed by atoms with Crippen molar-refractivity contribution in [1.82, 2.24) is 30.1 Å². The van der Waals surface area contributed by atoms with Crippen molar-refractivity contribution < 1.29 is 4.79 Å². The molecule has 0 radical (unpaired) electrons. The molecule has 6 rings (SSSR count). The second-order valence-electron chi connectivity index (χ2n) is 9.83. The highest BCUT2D eigenvalue weighted by Crippen LogP contribution is 2.36. The first kappa shape index (κ1) is 23.2. The zero-order valence-electron chi connectivity index (χ0n) is 20.5. The van der Waals surface area contributed by atoms with E-state index in [4.69, 9.17) is 11.1 Å². The second kappa shape index (κ2) is 9.67. The van der Waals surface area contributed by atoms with Crippen molar-refractivity contribution in [2.75, 3.05) is 31.9 Å². The van der Waals surface area contributed by atoms with Crippen LogP contribution in [0.3, 0.4) is 0 Å². The maximum atomic E-state index is 12.8. The topological polar surface area (TPSA) is 124 Å². The Balaban J connectivity index is 1.24. The summed E-state index contributed by atoms with van der Waals surface area (Å²) in [5.74, 6) is 0.902. The van der Waals surface area contributed by atoms with Crippen LogP contribution in [0.15, 0.2) is 72.7 Å². The number of anilines is 1. The summed E-state index contributed by atoms with van der Waals surface area (Å²) < 4.78 is 1.87. The van der Waals surface area contributed by atoms with Crippen molar-refractivity contribution in [3.05, 3.63) is 89.5 Å². The van der Waals surface area contributed by atoms with Gasteiger partial charge in [-0.2, -0.15) is 5.10 Å². The van der Waals surface area contributed by atoms with Crippen LogP contribution in [0.25, 0.3) is 11.1 Å². The predicted octanol–water partition coefficient (Wildman–Crippen LogP) is 2.49. The number of likely N-dealkylation sites (tertiary alicyclic amines) is 1. The van der Waals surface area contributed by atoms with Gasteiger partial charge in [-0.1, -0.05) is 42.5 Å². The molecule has 2 saturated heterocycles. The number of fused-ring (bicyclic) bond motifs is 1. The summed E-state index contributed by atoms with van der Waals surface area (Å²) >= 11 is 0. The standard InChI is InChI=1S/C28H30N8O/c29-24-10-19(6-7-20(24)13-31-12-18-4-2-1-3-5-18)23-11-25(36-26(23)27(30)33-17-34-36)21-8-9-35(16-21)28(37)22-14-32-15-22/h1-7,10-11,13,17,21-22,29,31-32H,8-9,12,14-16H2,(H2,30,33,34)/b20-13-,29-24?. The van der Waals surface area contributed by atoms with Gasteiger partial charge in [0.1, 0.15) is 11.8 Å². The highest BCUT2D eigenvalue weighted by Gasteiger charge is 2.35. The van der Waals surface area contributed by atoms with Gasteiger partial charge in [-0.15, -0.1) is 0 Å². The zero-order valence-corrected chi connectivity index (χ0v) is 20.5. The summed E-state index contributed by atoms with van der Waals surface area (Å²) in [4.78, 5) is 19.0. The molecule has 5 N–H and O–H groups in total. The number of nitrogens with one attached hydrogen (secondary N) is 3. The number of amides is 1. The highest BCUT2D eigenvalue weighted by molar-refractivity contribution is 6.16.